The van der Waals surface area contributed by atoms with Crippen molar-refractivity contribution >= 4 is 11.7 Å². The number of ether oxygens (including phenoxy) is 1. The number of aryl methyl sites for hydroxylation is 1. The van der Waals surface area contributed by atoms with Crippen molar-refractivity contribution in [3.63, 3.8) is 0 Å². The van der Waals surface area contributed by atoms with Crippen molar-refractivity contribution in [1.29, 1.82) is 5.26 Å². The Hall–Kier alpha value is -4.48. The van der Waals surface area contributed by atoms with Gasteiger partial charge in [0.25, 0.3) is 0 Å². The van der Waals surface area contributed by atoms with Crippen molar-refractivity contribution in [2.75, 3.05) is 0 Å². The van der Waals surface area contributed by atoms with Gasteiger partial charge in [0.15, 0.2) is 0 Å². The summed E-state index contributed by atoms with van der Waals surface area (Å²) in [6, 6.07) is 17.5. The Kier molecular flexibility index (Phi) is 7.75. The Morgan fingerprint density at radius 2 is 2.06 bits per heavy atom. The van der Waals surface area contributed by atoms with Gasteiger partial charge in [-0.15, -0.1) is 0 Å². The minimum absolute atomic E-state index is 0.272. The molecule has 0 amide bonds. The van der Waals surface area contributed by atoms with Crippen molar-refractivity contribution in [3.8, 4) is 29.0 Å². The van der Waals surface area contributed by atoms with Crippen molar-refractivity contribution < 1.29 is 14.6 Å². The van der Waals surface area contributed by atoms with Crippen LogP contribution in [0.25, 0.3) is 11.3 Å². The second-order valence-electron chi connectivity index (χ2n) is 7.36. The van der Waals surface area contributed by atoms with E-state index in [4.69, 9.17) is 10.5 Å². The number of nitrogens with zero attached hydrogens (tertiary/aromatic N) is 4. The summed E-state index contributed by atoms with van der Waals surface area (Å²) in [5.41, 5.74) is 9.38. The zero-order chi connectivity index (χ0) is 24.7. The van der Waals surface area contributed by atoms with E-state index in [9.17, 15) is 15.2 Å². The summed E-state index contributed by atoms with van der Waals surface area (Å²) < 4.78 is 7.82. The molecule has 0 saturated carbocycles. The topological polar surface area (TPSA) is 127 Å². The predicted molar refractivity (Wildman–Crippen MR) is 131 cm³/mol. The summed E-state index contributed by atoms with van der Waals surface area (Å²) in [5, 5.41) is 23.1. The molecule has 0 saturated heterocycles. The van der Waals surface area contributed by atoms with Gasteiger partial charge in [-0.05, 0) is 30.2 Å². The van der Waals surface area contributed by atoms with Crippen LogP contribution < -0.4 is 10.5 Å². The molecular formula is C26H25N5O3. The number of carboxylic acid groups (broad SMARTS) is 1. The van der Waals surface area contributed by atoms with Crippen molar-refractivity contribution in [2.24, 2.45) is 17.8 Å². The molecule has 0 fully saturated rings. The highest BCUT2D eigenvalue weighted by Crippen LogP contribution is 2.30. The molecule has 1 aromatic heterocycles. The van der Waals surface area contributed by atoms with E-state index < -0.39 is 12.0 Å². The van der Waals surface area contributed by atoms with Crippen molar-refractivity contribution in [2.45, 2.75) is 19.4 Å². The lowest BCUT2D eigenvalue weighted by atomic mass is 10.0. The van der Waals surface area contributed by atoms with E-state index in [0.717, 1.165) is 11.3 Å². The first-order valence-electron chi connectivity index (χ1n) is 10.6. The van der Waals surface area contributed by atoms with Gasteiger partial charge in [-0.25, -0.2) is 4.68 Å². The van der Waals surface area contributed by atoms with E-state index >= 15 is 0 Å². The number of aliphatic imine (C=N–C) groups is 1. The summed E-state index contributed by atoms with van der Waals surface area (Å²) in [5.74, 6) is -0.258. The highest BCUT2D eigenvalue weighted by atomic mass is 16.5. The third-order valence-corrected chi connectivity index (χ3v) is 5.11. The number of aromatic nitrogens is 2. The van der Waals surface area contributed by atoms with Gasteiger partial charge in [-0.1, -0.05) is 49.9 Å². The standard InChI is InChI=1S/C26H25N5O3/c1-4-18(25(28)26(32)33)16-29-21(5-2)20-12-11-17(15-27)13-23(20)34-24-14-22(30-31(24)3)19-9-7-6-8-10-19/h4,6-14,16,25H,1,5,28H2,2-3H3,(H,32,33)/b18-16+,29-21?. The van der Waals surface area contributed by atoms with E-state index in [2.05, 4.69) is 22.7 Å². The number of rotatable bonds is 9. The number of hydrogen-bond acceptors (Lipinski definition) is 6. The van der Waals surface area contributed by atoms with E-state index in [-0.39, 0.29) is 5.57 Å². The lowest BCUT2D eigenvalue weighted by molar-refractivity contribution is -0.137. The maximum absolute atomic E-state index is 11.2. The Morgan fingerprint density at radius 3 is 2.68 bits per heavy atom. The Bertz CT molecular complexity index is 1300. The zero-order valence-electron chi connectivity index (χ0n) is 19.0. The van der Waals surface area contributed by atoms with Gasteiger partial charge < -0.3 is 15.6 Å². The van der Waals surface area contributed by atoms with Crippen molar-refractivity contribution in [1.82, 2.24) is 9.78 Å². The highest BCUT2D eigenvalue weighted by molar-refractivity contribution is 6.03. The molecule has 0 aliphatic carbocycles. The fourth-order valence-electron chi connectivity index (χ4n) is 3.23. The summed E-state index contributed by atoms with van der Waals surface area (Å²) >= 11 is 0. The SMILES string of the molecule is C=C/C(=C\N=C(CC)c1ccc(C#N)cc1Oc1cc(-c2ccccc2)nn1C)C(N)C(=O)O. The highest BCUT2D eigenvalue weighted by Gasteiger charge is 2.17. The molecule has 8 heteroatoms. The van der Waals surface area contributed by atoms with Gasteiger partial charge >= 0.3 is 5.97 Å². The number of benzene rings is 2. The van der Waals surface area contributed by atoms with Crippen LogP contribution in [0.15, 0.2) is 84.0 Å². The van der Waals surface area contributed by atoms with Crippen molar-refractivity contribution in [3.05, 3.63) is 90.2 Å². The monoisotopic (exact) mass is 455 g/mol. The third kappa shape index (κ3) is 5.46. The summed E-state index contributed by atoms with van der Waals surface area (Å²) in [4.78, 5) is 15.7. The van der Waals surface area contributed by atoms with Crippen LogP contribution in [0.5, 0.6) is 11.6 Å². The lowest BCUT2D eigenvalue weighted by Crippen LogP contribution is -2.31. The average Bonchev–Trinajstić information content (AvgIpc) is 3.22. The fraction of sp³-hybridized carbons (Fsp3) is 0.154. The molecule has 3 aromatic rings. The van der Waals surface area contributed by atoms with Gasteiger partial charge in [0.1, 0.15) is 11.8 Å². The number of nitrogens with two attached hydrogens (primary N) is 1. The Balaban J connectivity index is 2.03. The van der Waals surface area contributed by atoms with E-state index in [1.807, 2.05) is 43.3 Å². The van der Waals surface area contributed by atoms with Crippen LogP contribution in [-0.4, -0.2) is 32.6 Å². The van der Waals surface area contributed by atoms with E-state index in [1.165, 1.54) is 12.3 Å². The fourth-order valence-corrected chi connectivity index (χ4v) is 3.23. The summed E-state index contributed by atoms with van der Waals surface area (Å²) in [6.07, 6.45) is 3.28. The Labute approximate surface area is 197 Å². The largest absolute Gasteiger partial charge is 0.480 e. The molecule has 34 heavy (non-hydrogen) atoms. The molecule has 172 valence electrons. The summed E-state index contributed by atoms with van der Waals surface area (Å²) in [7, 11) is 1.77. The van der Waals surface area contributed by atoms with Gasteiger partial charge in [0.05, 0.1) is 23.0 Å². The van der Waals surface area contributed by atoms with E-state index in [0.29, 0.717) is 34.9 Å². The molecule has 1 heterocycles. The first-order valence-corrected chi connectivity index (χ1v) is 10.6. The first-order chi connectivity index (χ1) is 16.4. The lowest BCUT2D eigenvalue weighted by Gasteiger charge is -2.13. The number of nitriles is 1. The van der Waals surface area contributed by atoms with Gasteiger partial charge in [-0.2, -0.15) is 10.4 Å². The number of hydrogen-bond donors (Lipinski definition) is 2. The first kappa shape index (κ1) is 24.2. The second kappa shape index (κ2) is 10.9. The minimum Gasteiger partial charge on any atom is -0.480 e. The molecule has 1 unspecified atom stereocenters. The second-order valence-corrected chi connectivity index (χ2v) is 7.36. The molecule has 0 aliphatic heterocycles. The van der Waals surface area contributed by atoms with Crippen LogP contribution in [0.2, 0.25) is 0 Å². The summed E-state index contributed by atoms with van der Waals surface area (Å²) in [6.45, 7) is 5.54. The molecule has 0 spiro atoms. The van der Waals surface area contributed by atoms with Gasteiger partial charge in [0, 0.05) is 30.4 Å². The quantitative estimate of drug-likeness (QED) is 0.363. The van der Waals surface area contributed by atoms with Gasteiger partial charge in [0.2, 0.25) is 5.88 Å². The molecule has 1 atom stereocenters. The molecule has 3 N–H and O–H groups in total. The molecule has 3 rings (SSSR count). The number of aliphatic carboxylic acids is 1. The number of carboxylic acids is 1. The predicted octanol–water partition coefficient (Wildman–Crippen LogP) is 4.43. The molecule has 0 bridgehead atoms. The third-order valence-electron chi connectivity index (χ3n) is 5.11. The molecule has 8 nitrogen and oxygen atoms in total. The van der Waals surface area contributed by atoms with Crippen LogP contribution in [0, 0.1) is 11.3 Å². The molecule has 0 aliphatic rings. The van der Waals surface area contributed by atoms with Crippen LogP contribution >= 0.6 is 0 Å². The minimum atomic E-state index is -1.23. The van der Waals surface area contributed by atoms with Crippen LogP contribution in [0.3, 0.4) is 0 Å². The normalized spacial score (nSPS) is 12.6. The van der Waals surface area contributed by atoms with Crippen LogP contribution in [0.4, 0.5) is 0 Å². The number of carbonyl (C=O) groups is 1. The van der Waals surface area contributed by atoms with Crippen LogP contribution in [-0.2, 0) is 11.8 Å². The zero-order valence-corrected chi connectivity index (χ0v) is 19.0. The molecule has 0 radical (unpaired) electrons. The van der Waals surface area contributed by atoms with Gasteiger partial charge in [-0.3, -0.25) is 9.79 Å². The van der Waals surface area contributed by atoms with E-state index in [1.54, 1.807) is 29.9 Å². The maximum atomic E-state index is 11.2. The van der Waals surface area contributed by atoms with Crippen LogP contribution in [0.1, 0.15) is 24.5 Å². The smallest absolute Gasteiger partial charge is 0.325 e. The Morgan fingerprint density at radius 1 is 1.32 bits per heavy atom. The molecule has 2 aromatic carbocycles. The molecular weight excluding hydrogens is 430 g/mol. The average molecular weight is 456 g/mol. The maximum Gasteiger partial charge on any atom is 0.325 e.